The lowest BCUT2D eigenvalue weighted by atomic mass is 10.1. The minimum atomic E-state index is 0.142. The molecule has 0 heterocycles. The second-order valence-corrected chi connectivity index (χ2v) is 2.43. The van der Waals surface area contributed by atoms with Crippen LogP contribution in [0.5, 0.6) is 11.5 Å². The zero-order valence-electron chi connectivity index (χ0n) is 12.0. The Morgan fingerprint density at radius 3 is 1.06 bits per heavy atom. The fraction of sp³-hybridized carbons (Fsp3) is 0.571. The lowest BCUT2D eigenvalue weighted by Gasteiger charge is -2.01. The van der Waals surface area contributed by atoms with Crippen molar-refractivity contribution in [3.8, 4) is 11.5 Å². The molecule has 2 nitrogen and oxygen atoms in total. The molecule has 0 fully saturated rings. The van der Waals surface area contributed by atoms with E-state index in [0.29, 0.717) is 0 Å². The van der Waals surface area contributed by atoms with E-state index in [9.17, 15) is 0 Å². The summed E-state index contributed by atoms with van der Waals surface area (Å²) in [6.45, 7) is 15.6. The molecule has 0 amide bonds. The molecule has 1 rings (SSSR count). The van der Waals surface area contributed by atoms with Gasteiger partial charge in [-0.05, 0) is 31.0 Å². The van der Waals surface area contributed by atoms with Crippen LogP contribution >= 0.6 is 0 Å². The van der Waals surface area contributed by atoms with E-state index >= 15 is 0 Å². The van der Waals surface area contributed by atoms with Gasteiger partial charge in [-0.2, -0.15) is 0 Å². The first-order valence-corrected chi connectivity index (χ1v) is 6.10. The number of hydrogen-bond donors (Lipinski definition) is 2. The minimum Gasteiger partial charge on any atom is -0.508 e. The molecule has 96 valence electrons. The maximum atomic E-state index is 9.06. The molecule has 0 aliphatic heterocycles. The predicted molar refractivity (Wildman–Crippen MR) is 73.3 cm³/mol. The van der Waals surface area contributed by atoms with Crippen molar-refractivity contribution in [3.63, 3.8) is 0 Å². The minimum absolute atomic E-state index is 0.142. The number of phenols is 2. The third-order valence-electron chi connectivity index (χ3n) is 1.51. The van der Waals surface area contributed by atoms with Gasteiger partial charge in [-0.15, -0.1) is 0 Å². The molecule has 0 aliphatic carbocycles. The quantitative estimate of drug-likeness (QED) is 0.670. The van der Waals surface area contributed by atoms with Gasteiger partial charge in [-0.3, -0.25) is 0 Å². The molecule has 0 saturated heterocycles. The maximum Gasteiger partial charge on any atom is 0.122 e. The van der Waals surface area contributed by atoms with Crippen LogP contribution in [0.25, 0.3) is 0 Å². The molecule has 0 spiro atoms. The van der Waals surface area contributed by atoms with Gasteiger partial charge in [0.15, 0.2) is 0 Å². The van der Waals surface area contributed by atoms with Crippen LogP contribution in [0.1, 0.15) is 52.7 Å². The molecular formula is C14H28O2. The molecule has 16 heavy (non-hydrogen) atoms. The fourth-order valence-corrected chi connectivity index (χ4v) is 0.830. The number of aromatic hydroxyl groups is 2. The van der Waals surface area contributed by atoms with Crippen LogP contribution in [-0.4, -0.2) is 10.2 Å². The average Bonchev–Trinajstić information content (AvgIpc) is 2.34. The Labute approximate surface area is 101 Å². The van der Waals surface area contributed by atoms with Gasteiger partial charge in [0, 0.05) is 6.07 Å². The van der Waals surface area contributed by atoms with Gasteiger partial charge < -0.3 is 10.2 Å². The average molecular weight is 228 g/mol. The van der Waals surface area contributed by atoms with Gasteiger partial charge in [-0.1, -0.05) is 41.5 Å². The van der Waals surface area contributed by atoms with E-state index in [2.05, 4.69) is 0 Å². The number of rotatable bonds is 0. The second-order valence-electron chi connectivity index (χ2n) is 2.43. The zero-order chi connectivity index (χ0) is 13.7. The Morgan fingerprint density at radius 2 is 0.875 bits per heavy atom. The lowest BCUT2D eigenvalue weighted by Crippen LogP contribution is -1.78. The van der Waals surface area contributed by atoms with E-state index in [1.54, 1.807) is 19.9 Å². The summed E-state index contributed by atoms with van der Waals surface area (Å²) in [4.78, 5) is 0. The second kappa shape index (κ2) is 13.8. The predicted octanol–water partition coefficient (Wildman–Crippen LogP) is 4.79. The maximum absolute atomic E-state index is 9.06. The standard InChI is InChI=1S/C8H10O2.3C2H6/c1-5-3-6(2)8(10)4-7(5)9;3*1-2/h3-4,9-10H,1-2H3;3*1-2H3. The third kappa shape index (κ3) is 8.16. The molecule has 1 aromatic carbocycles. The van der Waals surface area contributed by atoms with Gasteiger partial charge >= 0.3 is 0 Å². The van der Waals surface area contributed by atoms with E-state index in [1.165, 1.54) is 6.07 Å². The summed E-state index contributed by atoms with van der Waals surface area (Å²) in [5.41, 5.74) is 1.57. The first kappa shape index (κ1) is 20.3. The Hall–Kier alpha value is -1.18. The van der Waals surface area contributed by atoms with E-state index < -0.39 is 0 Å². The monoisotopic (exact) mass is 228 g/mol. The molecule has 0 bridgehead atoms. The first-order valence-electron chi connectivity index (χ1n) is 6.10. The summed E-state index contributed by atoms with van der Waals surface area (Å²) in [7, 11) is 0. The topological polar surface area (TPSA) is 40.5 Å². The molecule has 0 aromatic heterocycles. The van der Waals surface area contributed by atoms with E-state index in [0.717, 1.165) is 11.1 Å². The highest BCUT2D eigenvalue weighted by Gasteiger charge is 1.99. The fourth-order valence-electron chi connectivity index (χ4n) is 0.830. The van der Waals surface area contributed by atoms with Crippen LogP contribution < -0.4 is 0 Å². The normalized spacial score (nSPS) is 7.25. The van der Waals surface area contributed by atoms with E-state index in [4.69, 9.17) is 10.2 Å². The molecule has 0 radical (unpaired) electrons. The largest absolute Gasteiger partial charge is 0.508 e. The van der Waals surface area contributed by atoms with Crippen molar-refractivity contribution >= 4 is 0 Å². The van der Waals surface area contributed by atoms with Crippen molar-refractivity contribution < 1.29 is 10.2 Å². The van der Waals surface area contributed by atoms with Gasteiger partial charge in [0.2, 0.25) is 0 Å². The molecule has 0 saturated carbocycles. The highest BCUT2D eigenvalue weighted by atomic mass is 16.3. The highest BCUT2D eigenvalue weighted by molar-refractivity contribution is 5.43. The van der Waals surface area contributed by atoms with Crippen LogP contribution in [0.3, 0.4) is 0 Å². The number of phenolic OH excluding ortho intramolecular Hbond substituents is 2. The van der Waals surface area contributed by atoms with Crippen molar-refractivity contribution in [3.05, 3.63) is 23.3 Å². The molecule has 2 heteroatoms. The van der Waals surface area contributed by atoms with Gasteiger partial charge in [0.05, 0.1) is 0 Å². The van der Waals surface area contributed by atoms with E-state index in [1.807, 2.05) is 41.5 Å². The van der Waals surface area contributed by atoms with Crippen LogP contribution in [-0.2, 0) is 0 Å². The lowest BCUT2D eigenvalue weighted by molar-refractivity contribution is 0.445. The van der Waals surface area contributed by atoms with Crippen LogP contribution in [0.4, 0.5) is 0 Å². The molecule has 0 aliphatic rings. The molecule has 0 atom stereocenters. The van der Waals surface area contributed by atoms with E-state index in [-0.39, 0.29) is 11.5 Å². The van der Waals surface area contributed by atoms with Crippen molar-refractivity contribution in [2.45, 2.75) is 55.4 Å². The number of aryl methyl sites for hydroxylation is 2. The van der Waals surface area contributed by atoms with Crippen LogP contribution in [0, 0.1) is 13.8 Å². The summed E-state index contributed by atoms with van der Waals surface area (Å²) < 4.78 is 0. The summed E-state index contributed by atoms with van der Waals surface area (Å²) in [5, 5.41) is 18.1. The van der Waals surface area contributed by atoms with Crippen LogP contribution in [0.2, 0.25) is 0 Å². The summed E-state index contributed by atoms with van der Waals surface area (Å²) >= 11 is 0. The van der Waals surface area contributed by atoms with Crippen molar-refractivity contribution in [2.75, 3.05) is 0 Å². The number of benzene rings is 1. The Bertz CT molecular complexity index is 205. The Kier molecular flexibility index (Phi) is 17.5. The SMILES string of the molecule is CC.CC.CC.Cc1cc(C)c(O)cc1O. The van der Waals surface area contributed by atoms with Gasteiger partial charge in [0.25, 0.3) is 0 Å². The van der Waals surface area contributed by atoms with Crippen LogP contribution in [0.15, 0.2) is 12.1 Å². The molecule has 1 aromatic rings. The molecular weight excluding hydrogens is 200 g/mol. The van der Waals surface area contributed by atoms with Gasteiger partial charge in [0.1, 0.15) is 11.5 Å². The molecule has 2 N–H and O–H groups in total. The Morgan fingerprint density at radius 1 is 0.625 bits per heavy atom. The van der Waals surface area contributed by atoms with Crippen molar-refractivity contribution in [2.24, 2.45) is 0 Å². The van der Waals surface area contributed by atoms with Crippen molar-refractivity contribution in [1.82, 2.24) is 0 Å². The summed E-state index contributed by atoms with van der Waals surface area (Å²) in [6, 6.07) is 3.09. The van der Waals surface area contributed by atoms with Gasteiger partial charge in [-0.25, -0.2) is 0 Å². The number of hydrogen-bond acceptors (Lipinski definition) is 2. The molecule has 0 unspecified atom stereocenters. The van der Waals surface area contributed by atoms with Crippen molar-refractivity contribution in [1.29, 1.82) is 0 Å². The zero-order valence-corrected chi connectivity index (χ0v) is 12.0. The Balaban J connectivity index is -0.000000245. The summed E-state index contributed by atoms with van der Waals surface area (Å²) in [5.74, 6) is 0.284. The summed E-state index contributed by atoms with van der Waals surface area (Å²) in [6.07, 6.45) is 0. The first-order chi connectivity index (χ1) is 7.61. The third-order valence-corrected chi connectivity index (χ3v) is 1.51. The smallest absolute Gasteiger partial charge is 0.122 e. The highest BCUT2D eigenvalue weighted by Crippen LogP contribution is 2.25.